The van der Waals surface area contributed by atoms with E-state index in [2.05, 4.69) is 4.57 Å². The van der Waals surface area contributed by atoms with E-state index in [0.717, 1.165) is 45.6 Å². The predicted molar refractivity (Wildman–Crippen MR) is 107 cm³/mol. The molecular formula is C19H20ClNO3S2+. The van der Waals surface area contributed by atoms with Crippen molar-refractivity contribution >= 4 is 49.3 Å². The molecule has 0 amide bonds. The standard InChI is InChI=1S/C19H19ClNO3S2/c1-14-6-4-7-15(19(14)20)10-11-18-21(12-5-13-26(22,23)24)16-8-2-3-9-17(16)25-18/h1-3,8-11H,4-7,12-13H2/p+1/b11-10+,14-1?. The highest BCUT2D eigenvalue weighted by atomic mass is 35.5. The molecular weight excluding hydrogens is 390 g/mol. The fourth-order valence-corrected chi connectivity index (χ4v) is 4.87. The summed E-state index contributed by atoms with van der Waals surface area (Å²) in [5, 5.41) is 1.65. The van der Waals surface area contributed by atoms with Crippen molar-refractivity contribution in [2.24, 2.45) is 0 Å². The Labute approximate surface area is 162 Å². The first kappa shape index (κ1) is 19.3. The van der Waals surface area contributed by atoms with Gasteiger partial charge in [0.2, 0.25) is 5.52 Å². The number of hydrogen-bond acceptors (Lipinski definition) is 3. The van der Waals surface area contributed by atoms with Crippen molar-refractivity contribution < 1.29 is 17.5 Å². The number of nitrogens with zero attached hydrogens (tertiary/aromatic N) is 1. The van der Waals surface area contributed by atoms with Crippen molar-refractivity contribution in [2.45, 2.75) is 32.2 Å². The van der Waals surface area contributed by atoms with Crippen LogP contribution in [0.3, 0.4) is 0 Å². The normalized spacial score (nSPS) is 16.2. The van der Waals surface area contributed by atoms with Crippen LogP contribution in [-0.4, -0.2) is 18.7 Å². The zero-order valence-electron chi connectivity index (χ0n) is 14.2. The Kier molecular flexibility index (Phi) is 5.97. The number of aryl methyl sites for hydroxylation is 1. The van der Waals surface area contributed by atoms with Gasteiger partial charge in [-0.1, -0.05) is 47.7 Å². The lowest BCUT2D eigenvalue weighted by molar-refractivity contribution is -0.668. The number of fused-ring (bicyclic) bond motifs is 1. The lowest BCUT2D eigenvalue weighted by Gasteiger charge is -2.14. The summed E-state index contributed by atoms with van der Waals surface area (Å²) in [5.41, 5.74) is 2.80. The summed E-state index contributed by atoms with van der Waals surface area (Å²) in [5.74, 6) is -0.254. The smallest absolute Gasteiger partial charge is 0.265 e. The van der Waals surface area contributed by atoms with Crippen molar-refractivity contribution in [1.82, 2.24) is 0 Å². The van der Waals surface area contributed by atoms with Gasteiger partial charge in [-0.25, -0.2) is 0 Å². The van der Waals surface area contributed by atoms with Crippen LogP contribution in [-0.2, 0) is 16.7 Å². The molecule has 0 atom stereocenters. The molecule has 1 aromatic heterocycles. The fraction of sp³-hybridized carbons (Fsp3) is 0.316. The van der Waals surface area contributed by atoms with E-state index in [1.165, 1.54) is 0 Å². The fourth-order valence-electron chi connectivity index (χ4n) is 3.04. The Bertz CT molecular complexity index is 1000. The maximum atomic E-state index is 11.0. The number of halogens is 1. The minimum atomic E-state index is -3.96. The summed E-state index contributed by atoms with van der Waals surface area (Å²) in [6.45, 7) is 6.45. The first-order valence-electron chi connectivity index (χ1n) is 8.40. The maximum absolute atomic E-state index is 11.0. The molecule has 137 valence electrons. The minimum Gasteiger partial charge on any atom is -0.286 e. The molecule has 0 saturated heterocycles. The van der Waals surface area contributed by atoms with Gasteiger partial charge in [-0.15, -0.1) is 0 Å². The van der Waals surface area contributed by atoms with E-state index in [9.17, 15) is 8.42 Å². The predicted octanol–water partition coefficient (Wildman–Crippen LogP) is 4.52. The third-order valence-electron chi connectivity index (χ3n) is 4.30. The van der Waals surface area contributed by atoms with Crippen LogP contribution >= 0.6 is 22.9 Å². The Balaban J connectivity index is 1.92. The molecule has 1 aliphatic rings. The number of rotatable bonds is 6. The van der Waals surface area contributed by atoms with Gasteiger partial charge in [-0.2, -0.15) is 13.0 Å². The molecule has 26 heavy (non-hydrogen) atoms. The summed E-state index contributed by atoms with van der Waals surface area (Å²) < 4.78 is 34.2. The topological polar surface area (TPSA) is 58.2 Å². The van der Waals surface area contributed by atoms with Gasteiger partial charge in [0.15, 0.2) is 6.54 Å². The third-order valence-corrected chi connectivity index (χ3v) is 6.72. The zero-order valence-corrected chi connectivity index (χ0v) is 16.6. The lowest BCUT2D eigenvalue weighted by Crippen LogP contribution is -2.35. The largest absolute Gasteiger partial charge is 0.286 e. The van der Waals surface area contributed by atoms with Crippen molar-refractivity contribution in [3.63, 3.8) is 0 Å². The van der Waals surface area contributed by atoms with Gasteiger partial charge in [0.05, 0.1) is 5.75 Å². The van der Waals surface area contributed by atoms with E-state index >= 15 is 0 Å². The van der Waals surface area contributed by atoms with Gasteiger partial charge in [0, 0.05) is 23.6 Å². The zero-order chi connectivity index (χ0) is 18.7. The molecule has 0 bridgehead atoms. The van der Waals surface area contributed by atoms with E-state index < -0.39 is 10.1 Å². The van der Waals surface area contributed by atoms with Crippen LogP contribution in [0, 0.1) is 6.58 Å². The van der Waals surface area contributed by atoms with Crippen LogP contribution < -0.4 is 4.57 Å². The van der Waals surface area contributed by atoms with Crippen LogP contribution in [0.1, 0.15) is 30.7 Å². The Morgan fingerprint density at radius 3 is 2.81 bits per heavy atom. The van der Waals surface area contributed by atoms with Crippen LogP contribution in [0.15, 0.2) is 46.5 Å². The first-order chi connectivity index (χ1) is 12.3. The van der Waals surface area contributed by atoms with Crippen molar-refractivity contribution in [2.75, 3.05) is 5.75 Å². The number of benzene rings is 1. The van der Waals surface area contributed by atoms with Gasteiger partial charge in [-0.3, -0.25) is 4.55 Å². The second kappa shape index (κ2) is 8.05. The highest BCUT2D eigenvalue weighted by molar-refractivity contribution is 7.85. The highest BCUT2D eigenvalue weighted by Gasteiger charge is 2.20. The van der Waals surface area contributed by atoms with Gasteiger partial charge in [-0.05, 0) is 36.5 Å². The average Bonchev–Trinajstić information content (AvgIpc) is 2.93. The summed E-state index contributed by atoms with van der Waals surface area (Å²) in [6, 6.07) is 7.98. The number of allylic oxidation sites excluding steroid dienone is 4. The SMILES string of the molecule is [CH]=C1CCCC(/C=C/c2sc3ccccc3[n+]2CCCS(=O)(=O)O)=C1Cl. The van der Waals surface area contributed by atoms with E-state index in [1.54, 1.807) is 11.3 Å². The lowest BCUT2D eigenvalue weighted by atomic mass is 9.96. The molecule has 0 fully saturated rings. The molecule has 0 aliphatic heterocycles. The molecule has 7 heteroatoms. The summed E-state index contributed by atoms with van der Waals surface area (Å²) >= 11 is 7.95. The molecule has 0 spiro atoms. The summed E-state index contributed by atoms with van der Waals surface area (Å²) in [7, 11) is -3.96. The number of thiazole rings is 1. The van der Waals surface area contributed by atoms with Crippen molar-refractivity contribution in [3.8, 4) is 0 Å². The number of hydrogen-bond donors (Lipinski definition) is 1. The number of aromatic nitrogens is 1. The maximum Gasteiger partial charge on any atom is 0.265 e. The van der Waals surface area contributed by atoms with Gasteiger partial charge >= 0.3 is 0 Å². The second-order valence-corrected chi connectivity index (χ2v) is 9.26. The molecule has 1 radical (unpaired) electrons. The summed E-state index contributed by atoms with van der Waals surface area (Å²) in [4.78, 5) is 0. The van der Waals surface area contributed by atoms with Crippen LogP contribution in [0.2, 0.25) is 0 Å². The Hall–Kier alpha value is -1.47. The van der Waals surface area contributed by atoms with Gasteiger partial charge in [0.1, 0.15) is 4.70 Å². The second-order valence-electron chi connectivity index (χ2n) is 6.25. The Morgan fingerprint density at radius 2 is 2.04 bits per heavy atom. The molecule has 1 aliphatic carbocycles. The molecule has 0 unspecified atom stereocenters. The quantitative estimate of drug-likeness (QED) is 0.563. The molecule has 0 saturated carbocycles. The van der Waals surface area contributed by atoms with E-state index in [0.29, 0.717) is 18.0 Å². The van der Waals surface area contributed by atoms with Crippen molar-refractivity contribution in [1.29, 1.82) is 0 Å². The molecule has 2 aromatic rings. The van der Waals surface area contributed by atoms with Gasteiger partial charge in [0.25, 0.3) is 15.1 Å². The number of para-hydroxylation sites is 1. The van der Waals surface area contributed by atoms with Crippen LogP contribution in [0.5, 0.6) is 0 Å². The Morgan fingerprint density at radius 1 is 1.27 bits per heavy atom. The summed E-state index contributed by atoms with van der Waals surface area (Å²) in [6.07, 6.45) is 7.06. The van der Waals surface area contributed by atoms with Crippen LogP contribution in [0.4, 0.5) is 0 Å². The van der Waals surface area contributed by atoms with E-state index in [4.69, 9.17) is 22.7 Å². The van der Waals surface area contributed by atoms with Crippen LogP contribution in [0.25, 0.3) is 16.3 Å². The first-order valence-corrected chi connectivity index (χ1v) is 11.2. The van der Waals surface area contributed by atoms with Gasteiger partial charge < -0.3 is 0 Å². The minimum absolute atomic E-state index is 0.254. The molecule has 1 heterocycles. The van der Waals surface area contributed by atoms with E-state index in [-0.39, 0.29) is 5.75 Å². The third kappa shape index (κ3) is 4.62. The highest BCUT2D eigenvalue weighted by Crippen LogP contribution is 2.32. The van der Waals surface area contributed by atoms with E-state index in [1.807, 2.05) is 36.4 Å². The molecule has 3 rings (SSSR count). The molecule has 1 N–H and O–H groups in total. The van der Waals surface area contributed by atoms with Crippen molar-refractivity contribution in [3.05, 3.63) is 58.1 Å². The average molecular weight is 410 g/mol. The monoisotopic (exact) mass is 409 g/mol. The molecule has 4 nitrogen and oxygen atoms in total. The molecule has 1 aromatic carbocycles.